The van der Waals surface area contributed by atoms with Gasteiger partial charge in [-0.2, -0.15) is 13.2 Å². The molecule has 1 atom stereocenters. The van der Waals surface area contributed by atoms with Crippen molar-refractivity contribution in [3.63, 3.8) is 0 Å². The molecular formula is C17H20F3NO5. The van der Waals surface area contributed by atoms with Gasteiger partial charge in [0.25, 0.3) is 5.91 Å². The molecule has 1 fully saturated rings. The molecule has 2 N–H and O–H groups in total. The second-order valence-electron chi connectivity index (χ2n) is 6.03. The van der Waals surface area contributed by atoms with E-state index in [1.165, 1.54) is 24.3 Å². The summed E-state index contributed by atoms with van der Waals surface area (Å²) in [6.45, 7) is -0.432. The van der Waals surface area contributed by atoms with E-state index in [-0.39, 0.29) is 23.8 Å². The van der Waals surface area contributed by atoms with Crippen LogP contribution in [0.15, 0.2) is 24.3 Å². The second-order valence-corrected chi connectivity index (χ2v) is 6.03. The maximum absolute atomic E-state index is 12.1. The van der Waals surface area contributed by atoms with E-state index in [0.29, 0.717) is 26.1 Å². The number of alkyl halides is 3. The van der Waals surface area contributed by atoms with E-state index < -0.39 is 30.6 Å². The van der Waals surface area contributed by atoms with E-state index in [1.54, 1.807) is 0 Å². The lowest BCUT2D eigenvalue weighted by Crippen LogP contribution is -2.38. The Bertz CT molecular complexity index is 612. The standard InChI is InChI=1S/C17H20F3NO5/c18-17(19,20)10-26-13-3-1-12(2-4-13)15(22)21-9-14(16(23)24)11-5-7-25-8-6-11/h1-4,11,14H,5-10H2,(H,21,22)(H,23,24). The Kier molecular flexibility index (Phi) is 6.84. The number of carbonyl (C=O) groups is 2. The number of benzene rings is 1. The van der Waals surface area contributed by atoms with Gasteiger partial charge in [0.15, 0.2) is 6.61 Å². The van der Waals surface area contributed by atoms with Gasteiger partial charge >= 0.3 is 12.1 Å². The van der Waals surface area contributed by atoms with Gasteiger partial charge in [0, 0.05) is 25.3 Å². The molecule has 1 aromatic carbocycles. The van der Waals surface area contributed by atoms with Crippen molar-refractivity contribution in [1.29, 1.82) is 0 Å². The summed E-state index contributed by atoms with van der Waals surface area (Å²) >= 11 is 0. The first-order chi connectivity index (χ1) is 12.3. The average Bonchev–Trinajstić information content (AvgIpc) is 2.60. The predicted octanol–water partition coefficient (Wildman–Crippen LogP) is 2.48. The molecule has 0 saturated carbocycles. The van der Waals surface area contributed by atoms with Gasteiger partial charge in [0.1, 0.15) is 5.75 Å². The van der Waals surface area contributed by atoms with E-state index in [9.17, 15) is 27.9 Å². The lowest BCUT2D eigenvalue weighted by Gasteiger charge is -2.27. The molecule has 26 heavy (non-hydrogen) atoms. The molecule has 144 valence electrons. The molecule has 0 radical (unpaired) electrons. The number of rotatable bonds is 7. The highest BCUT2D eigenvalue weighted by atomic mass is 19.4. The highest BCUT2D eigenvalue weighted by molar-refractivity contribution is 5.94. The van der Waals surface area contributed by atoms with Crippen LogP contribution in [0.25, 0.3) is 0 Å². The molecule has 2 rings (SSSR count). The monoisotopic (exact) mass is 375 g/mol. The summed E-state index contributed by atoms with van der Waals surface area (Å²) in [4.78, 5) is 23.6. The minimum atomic E-state index is -4.44. The minimum absolute atomic E-state index is 0.00973. The summed E-state index contributed by atoms with van der Waals surface area (Å²) in [5.74, 6) is -2.26. The van der Waals surface area contributed by atoms with Crippen molar-refractivity contribution >= 4 is 11.9 Å². The number of carboxylic acids is 1. The summed E-state index contributed by atoms with van der Waals surface area (Å²) in [7, 11) is 0. The molecule has 9 heteroatoms. The Morgan fingerprint density at radius 2 is 1.85 bits per heavy atom. The van der Waals surface area contributed by atoms with Crippen molar-refractivity contribution in [1.82, 2.24) is 5.32 Å². The molecule has 1 saturated heterocycles. The fraction of sp³-hybridized carbons (Fsp3) is 0.529. The molecule has 0 aliphatic carbocycles. The highest BCUT2D eigenvalue weighted by Gasteiger charge is 2.30. The lowest BCUT2D eigenvalue weighted by molar-refractivity contribution is -0.153. The molecule has 0 spiro atoms. The fourth-order valence-corrected chi connectivity index (χ4v) is 2.75. The first kappa shape index (κ1) is 20.0. The minimum Gasteiger partial charge on any atom is -0.484 e. The Morgan fingerprint density at radius 3 is 2.38 bits per heavy atom. The maximum atomic E-state index is 12.1. The van der Waals surface area contributed by atoms with Gasteiger partial charge in [-0.25, -0.2) is 0 Å². The van der Waals surface area contributed by atoms with Crippen LogP contribution >= 0.6 is 0 Å². The van der Waals surface area contributed by atoms with Crippen molar-refractivity contribution < 1.29 is 37.3 Å². The largest absolute Gasteiger partial charge is 0.484 e. The topological polar surface area (TPSA) is 84.9 Å². The first-order valence-electron chi connectivity index (χ1n) is 8.14. The summed E-state index contributed by atoms with van der Waals surface area (Å²) in [6.07, 6.45) is -3.19. The number of hydrogen-bond acceptors (Lipinski definition) is 4. The van der Waals surface area contributed by atoms with E-state index >= 15 is 0 Å². The quantitative estimate of drug-likeness (QED) is 0.765. The third-order valence-corrected chi connectivity index (χ3v) is 4.15. The van der Waals surface area contributed by atoms with Crippen LogP contribution in [0, 0.1) is 11.8 Å². The van der Waals surface area contributed by atoms with Crippen LogP contribution in [0.4, 0.5) is 13.2 Å². The van der Waals surface area contributed by atoms with Crippen molar-refractivity contribution in [2.24, 2.45) is 11.8 Å². The average molecular weight is 375 g/mol. The third kappa shape index (κ3) is 6.21. The summed E-state index contributed by atoms with van der Waals surface area (Å²) < 4.78 is 46.1. The van der Waals surface area contributed by atoms with Crippen LogP contribution in [0.2, 0.25) is 0 Å². The number of ether oxygens (including phenoxy) is 2. The van der Waals surface area contributed by atoms with Crippen LogP contribution in [0.1, 0.15) is 23.2 Å². The highest BCUT2D eigenvalue weighted by Crippen LogP contribution is 2.24. The fourth-order valence-electron chi connectivity index (χ4n) is 2.75. The van der Waals surface area contributed by atoms with Gasteiger partial charge in [0.2, 0.25) is 0 Å². The zero-order chi connectivity index (χ0) is 19.2. The number of nitrogens with one attached hydrogen (secondary N) is 1. The van der Waals surface area contributed by atoms with Crippen molar-refractivity contribution in [3.8, 4) is 5.75 Å². The number of carbonyl (C=O) groups excluding carboxylic acids is 1. The summed E-state index contributed by atoms with van der Waals surface area (Å²) in [6, 6.07) is 5.16. The van der Waals surface area contributed by atoms with Crippen LogP contribution in [0.3, 0.4) is 0 Å². The van der Waals surface area contributed by atoms with Crippen LogP contribution in [-0.4, -0.2) is 49.5 Å². The molecule has 1 aliphatic heterocycles. The van der Waals surface area contributed by atoms with Crippen molar-refractivity contribution in [3.05, 3.63) is 29.8 Å². The van der Waals surface area contributed by atoms with Crippen molar-refractivity contribution in [2.45, 2.75) is 19.0 Å². The van der Waals surface area contributed by atoms with E-state index in [1.807, 2.05) is 0 Å². The molecule has 0 aromatic heterocycles. The molecule has 6 nitrogen and oxygen atoms in total. The summed E-state index contributed by atoms with van der Waals surface area (Å²) in [5, 5.41) is 11.9. The molecule has 0 bridgehead atoms. The lowest BCUT2D eigenvalue weighted by atomic mass is 9.86. The van der Waals surface area contributed by atoms with Gasteiger partial charge in [-0.3, -0.25) is 9.59 Å². The van der Waals surface area contributed by atoms with Gasteiger partial charge in [-0.1, -0.05) is 0 Å². The maximum Gasteiger partial charge on any atom is 0.422 e. The van der Waals surface area contributed by atoms with Gasteiger partial charge in [-0.05, 0) is 43.0 Å². The summed E-state index contributed by atoms with van der Waals surface area (Å²) in [5.41, 5.74) is 0.209. The third-order valence-electron chi connectivity index (χ3n) is 4.15. The Labute approximate surface area is 148 Å². The normalized spacial score (nSPS) is 16.7. The zero-order valence-electron chi connectivity index (χ0n) is 13.9. The molecule has 1 aromatic rings. The van der Waals surface area contributed by atoms with E-state index in [2.05, 4.69) is 10.1 Å². The van der Waals surface area contributed by atoms with Crippen LogP contribution < -0.4 is 10.1 Å². The SMILES string of the molecule is O=C(NCC(C(=O)O)C1CCOCC1)c1ccc(OCC(F)(F)F)cc1. The predicted molar refractivity (Wildman–Crippen MR) is 85.0 cm³/mol. The van der Waals surface area contributed by atoms with Gasteiger partial charge < -0.3 is 19.9 Å². The van der Waals surface area contributed by atoms with E-state index in [4.69, 9.17) is 4.74 Å². The number of aliphatic carboxylic acids is 1. The molecular weight excluding hydrogens is 355 g/mol. The molecule has 1 amide bonds. The van der Waals surface area contributed by atoms with Gasteiger partial charge in [-0.15, -0.1) is 0 Å². The number of carboxylic acid groups (broad SMARTS) is 1. The van der Waals surface area contributed by atoms with Crippen LogP contribution in [0.5, 0.6) is 5.75 Å². The van der Waals surface area contributed by atoms with Crippen molar-refractivity contribution in [2.75, 3.05) is 26.4 Å². The first-order valence-corrected chi connectivity index (χ1v) is 8.14. The Morgan fingerprint density at radius 1 is 1.23 bits per heavy atom. The molecule has 1 unspecified atom stereocenters. The molecule has 1 heterocycles. The van der Waals surface area contributed by atoms with Crippen LogP contribution in [-0.2, 0) is 9.53 Å². The second kappa shape index (κ2) is 8.88. The number of halogens is 3. The Balaban J connectivity index is 1.88. The van der Waals surface area contributed by atoms with Gasteiger partial charge in [0.05, 0.1) is 5.92 Å². The van der Waals surface area contributed by atoms with E-state index in [0.717, 1.165) is 0 Å². The Hall–Kier alpha value is -2.29. The number of amides is 1. The zero-order valence-corrected chi connectivity index (χ0v) is 13.9. The molecule has 1 aliphatic rings. The number of hydrogen-bond donors (Lipinski definition) is 2. The smallest absolute Gasteiger partial charge is 0.422 e.